The first-order chi connectivity index (χ1) is 14.6. The predicted molar refractivity (Wildman–Crippen MR) is 117 cm³/mol. The molecule has 4 rings (SSSR count). The van der Waals surface area contributed by atoms with Crippen molar-refractivity contribution < 1.29 is 19.1 Å². The Bertz CT molecular complexity index is 952. The van der Waals surface area contributed by atoms with Crippen molar-refractivity contribution in [2.75, 3.05) is 6.61 Å². The summed E-state index contributed by atoms with van der Waals surface area (Å²) in [6.45, 7) is 9.68. The van der Waals surface area contributed by atoms with Gasteiger partial charge in [-0.15, -0.1) is 0 Å². The topological polar surface area (TPSA) is 58.9 Å². The van der Waals surface area contributed by atoms with Crippen molar-refractivity contribution in [1.82, 2.24) is 9.80 Å². The van der Waals surface area contributed by atoms with Crippen LogP contribution >= 0.6 is 0 Å². The van der Waals surface area contributed by atoms with Crippen LogP contribution in [0.3, 0.4) is 0 Å². The molecule has 3 atom stereocenters. The summed E-state index contributed by atoms with van der Waals surface area (Å²) in [5, 5.41) is 0. The minimum atomic E-state index is -0.777. The van der Waals surface area contributed by atoms with Crippen LogP contribution in [0.15, 0.2) is 60.7 Å². The Morgan fingerprint density at radius 1 is 0.968 bits per heavy atom. The van der Waals surface area contributed by atoms with Gasteiger partial charge in [-0.1, -0.05) is 60.7 Å². The number of hydrogen-bond acceptors (Lipinski definition) is 4. The maximum Gasteiger partial charge on any atom is 0.411 e. The van der Waals surface area contributed by atoms with E-state index in [9.17, 15) is 9.59 Å². The normalized spacial score (nSPS) is 24.7. The van der Waals surface area contributed by atoms with E-state index in [4.69, 9.17) is 9.47 Å². The summed E-state index contributed by atoms with van der Waals surface area (Å²) in [5.74, 6) is -0.129. The van der Waals surface area contributed by atoms with E-state index in [1.54, 1.807) is 9.80 Å². The third-order valence-corrected chi connectivity index (χ3v) is 5.72. The lowest BCUT2D eigenvalue weighted by Gasteiger charge is -2.34. The monoisotopic (exact) mass is 422 g/mol. The summed E-state index contributed by atoms with van der Waals surface area (Å²) >= 11 is 0. The molecule has 2 aromatic rings. The Morgan fingerprint density at radius 3 is 2.06 bits per heavy atom. The predicted octanol–water partition coefficient (Wildman–Crippen LogP) is 4.68. The van der Waals surface area contributed by atoms with Crippen molar-refractivity contribution in [3.8, 4) is 0 Å². The fourth-order valence-electron chi connectivity index (χ4n) is 4.30. The molecule has 2 aromatic carbocycles. The van der Waals surface area contributed by atoms with Gasteiger partial charge in [-0.3, -0.25) is 9.69 Å². The highest BCUT2D eigenvalue weighted by atomic mass is 16.6. The zero-order valence-electron chi connectivity index (χ0n) is 18.7. The van der Waals surface area contributed by atoms with E-state index >= 15 is 0 Å². The molecule has 31 heavy (non-hydrogen) atoms. The maximum absolute atomic E-state index is 13.9. The summed E-state index contributed by atoms with van der Waals surface area (Å²) in [6, 6.07) is 18.3. The second-order valence-corrected chi connectivity index (χ2v) is 9.58. The van der Waals surface area contributed by atoms with Crippen molar-refractivity contribution in [1.29, 1.82) is 0 Å². The van der Waals surface area contributed by atoms with Gasteiger partial charge in [-0.25, -0.2) is 4.79 Å². The highest BCUT2D eigenvalue weighted by Gasteiger charge is 2.61. The van der Waals surface area contributed by atoms with Crippen LogP contribution in [0.2, 0.25) is 0 Å². The molecule has 2 saturated heterocycles. The molecular formula is C25H30N2O4. The first-order valence-corrected chi connectivity index (χ1v) is 10.7. The van der Waals surface area contributed by atoms with Crippen molar-refractivity contribution in [3.05, 3.63) is 71.8 Å². The number of carbonyl (C=O) groups excluding carboxylic acids is 2. The largest absolute Gasteiger partial charge is 0.444 e. The number of benzene rings is 2. The van der Waals surface area contributed by atoms with Crippen LogP contribution < -0.4 is 0 Å². The lowest BCUT2D eigenvalue weighted by atomic mass is 10.0. The lowest BCUT2D eigenvalue weighted by molar-refractivity contribution is -0.146. The van der Waals surface area contributed by atoms with Gasteiger partial charge in [0, 0.05) is 0 Å². The average molecular weight is 423 g/mol. The Hall–Kier alpha value is -2.86. The minimum absolute atomic E-state index is 0.129. The molecule has 2 heterocycles. The molecule has 2 fully saturated rings. The van der Waals surface area contributed by atoms with Gasteiger partial charge in [0.1, 0.15) is 17.4 Å². The van der Waals surface area contributed by atoms with Crippen molar-refractivity contribution >= 4 is 12.0 Å². The molecule has 0 N–H and O–H groups in total. The highest BCUT2D eigenvalue weighted by Crippen LogP contribution is 2.48. The van der Waals surface area contributed by atoms with Crippen LogP contribution in [0.25, 0.3) is 0 Å². The van der Waals surface area contributed by atoms with E-state index in [0.717, 1.165) is 11.1 Å². The van der Waals surface area contributed by atoms with E-state index in [1.807, 2.05) is 95.3 Å². The minimum Gasteiger partial charge on any atom is -0.444 e. The Balaban J connectivity index is 1.66. The molecule has 0 spiro atoms. The number of rotatable bonds is 3. The highest BCUT2D eigenvalue weighted by molar-refractivity contribution is 5.93. The quantitative estimate of drug-likeness (QED) is 0.674. The number of amides is 2. The van der Waals surface area contributed by atoms with Gasteiger partial charge >= 0.3 is 6.09 Å². The van der Waals surface area contributed by atoms with Crippen LogP contribution in [-0.2, 0) is 14.3 Å². The van der Waals surface area contributed by atoms with Crippen LogP contribution in [0, 0.1) is 0 Å². The third-order valence-electron chi connectivity index (χ3n) is 5.72. The molecule has 0 saturated carbocycles. The van der Waals surface area contributed by atoms with Crippen LogP contribution in [0.4, 0.5) is 4.79 Å². The summed E-state index contributed by atoms with van der Waals surface area (Å²) in [6.07, 6.45) is -0.478. The number of ether oxygens (including phenoxy) is 2. The van der Waals surface area contributed by atoms with Crippen molar-refractivity contribution in [2.24, 2.45) is 0 Å². The van der Waals surface area contributed by atoms with E-state index in [-0.39, 0.29) is 18.0 Å². The lowest BCUT2D eigenvalue weighted by Crippen LogP contribution is -2.47. The summed E-state index contributed by atoms with van der Waals surface area (Å²) in [7, 11) is 0. The van der Waals surface area contributed by atoms with Crippen LogP contribution in [0.1, 0.15) is 57.8 Å². The summed E-state index contributed by atoms with van der Waals surface area (Å²) < 4.78 is 11.6. The van der Waals surface area contributed by atoms with Crippen LogP contribution in [-0.4, -0.2) is 45.8 Å². The molecule has 0 aliphatic carbocycles. The Kier molecular flexibility index (Phi) is 5.30. The van der Waals surface area contributed by atoms with E-state index in [2.05, 4.69) is 0 Å². The SMILES string of the molecule is CC(C)(C)OC(=O)N1[C@@H](C(=O)N2[C@H](c3ccccc3)COC2(C)C)[C@@H]1c1ccccc1. The second-order valence-electron chi connectivity index (χ2n) is 9.58. The van der Waals surface area contributed by atoms with Gasteiger partial charge in [-0.2, -0.15) is 0 Å². The molecule has 2 amide bonds. The van der Waals surface area contributed by atoms with E-state index in [0.29, 0.717) is 6.61 Å². The molecule has 2 aliphatic heterocycles. The Morgan fingerprint density at radius 2 is 1.52 bits per heavy atom. The van der Waals surface area contributed by atoms with Gasteiger partial charge < -0.3 is 14.4 Å². The maximum atomic E-state index is 13.9. The molecule has 0 bridgehead atoms. The van der Waals surface area contributed by atoms with Gasteiger partial charge in [0.05, 0.1) is 18.7 Å². The average Bonchev–Trinajstić information content (AvgIpc) is 3.38. The summed E-state index contributed by atoms with van der Waals surface area (Å²) in [4.78, 5) is 30.1. The van der Waals surface area contributed by atoms with Gasteiger partial charge in [0.15, 0.2) is 0 Å². The molecule has 0 aromatic heterocycles. The van der Waals surface area contributed by atoms with Gasteiger partial charge in [0.25, 0.3) is 5.91 Å². The molecule has 0 radical (unpaired) electrons. The third kappa shape index (κ3) is 4.17. The fraction of sp³-hybridized carbons (Fsp3) is 0.440. The summed E-state index contributed by atoms with van der Waals surface area (Å²) in [5.41, 5.74) is 0.515. The molecule has 164 valence electrons. The number of nitrogens with zero attached hydrogens (tertiary/aromatic N) is 2. The van der Waals surface area contributed by atoms with Gasteiger partial charge in [0.2, 0.25) is 0 Å². The Labute approximate surface area is 183 Å². The van der Waals surface area contributed by atoms with Crippen molar-refractivity contribution in [3.63, 3.8) is 0 Å². The number of carbonyl (C=O) groups is 2. The van der Waals surface area contributed by atoms with Crippen LogP contribution in [0.5, 0.6) is 0 Å². The molecule has 6 nitrogen and oxygen atoms in total. The molecule has 2 aliphatic rings. The molecule has 0 unspecified atom stereocenters. The van der Waals surface area contributed by atoms with E-state index < -0.39 is 23.5 Å². The zero-order chi connectivity index (χ0) is 22.4. The standard InChI is InChI=1S/C25H30N2O4/c1-24(2,3)31-23(29)26-20(18-14-10-7-11-15-18)21(26)22(28)27-19(16-30-25(27,4)5)17-12-8-6-9-13-17/h6-15,19-21H,16H2,1-5H3/t19-,20-,21+,26?/m0/s1. The first-order valence-electron chi connectivity index (χ1n) is 10.7. The molecule has 6 heteroatoms. The fourth-order valence-corrected chi connectivity index (χ4v) is 4.30. The number of hydrogen-bond donors (Lipinski definition) is 0. The second kappa shape index (κ2) is 7.68. The van der Waals surface area contributed by atoms with Crippen molar-refractivity contribution in [2.45, 2.75) is 64.1 Å². The first kappa shape index (κ1) is 21.4. The van der Waals surface area contributed by atoms with E-state index in [1.165, 1.54) is 0 Å². The van der Waals surface area contributed by atoms with Gasteiger partial charge in [-0.05, 0) is 45.7 Å². The smallest absolute Gasteiger partial charge is 0.411 e. The molecular weight excluding hydrogens is 392 g/mol. The zero-order valence-corrected chi connectivity index (χ0v) is 18.7.